The Morgan fingerprint density at radius 1 is 0.667 bits per heavy atom. The van der Waals surface area contributed by atoms with E-state index in [0.29, 0.717) is 19.3 Å². The Kier molecular flexibility index (Phi) is 19.7. The summed E-state index contributed by atoms with van der Waals surface area (Å²) in [6, 6.07) is 0. The van der Waals surface area contributed by atoms with Crippen LogP contribution in [-0.4, -0.2) is 22.3 Å². The number of aliphatic carboxylic acids is 1. The van der Waals surface area contributed by atoms with Crippen LogP contribution in [0.4, 0.5) is 0 Å². The van der Waals surface area contributed by atoms with Gasteiger partial charge in [0.25, 0.3) is 0 Å². The van der Waals surface area contributed by atoms with Crippen LogP contribution in [0.2, 0.25) is 0 Å². The first-order valence-electron chi connectivity index (χ1n) is 12.0. The number of aliphatic hydroxyl groups excluding tert-OH is 1. The Labute approximate surface area is 169 Å². The molecule has 0 radical (unpaired) electrons. The minimum atomic E-state index is -0.747. The summed E-state index contributed by atoms with van der Waals surface area (Å²) >= 11 is 0. The standard InChI is InChI=1S/C24H48O3/c1-3-5-6-7-8-9-10-11-12-13-14-15-16-17-18-19-20-22(24(26)27)21-23(25)4-2/h22-23,25H,3-21H2,1-2H3,(H,26,27). The molecular weight excluding hydrogens is 336 g/mol. The van der Waals surface area contributed by atoms with Crippen LogP contribution in [0.25, 0.3) is 0 Å². The summed E-state index contributed by atoms with van der Waals surface area (Å²) in [4.78, 5) is 11.2. The maximum Gasteiger partial charge on any atom is 0.306 e. The first kappa shape index (κ1) is 26.4. The molecule has 162 valence electrons. The highest BCUT2D eigenvalue weighted by Crippen LogP contribution is 2.19. The quantitative estimate of drug-likeness (QED) is 0.201. The Morgan fingerprint density at radius 3 is 1.37 bits per heavy atom. The predicted octanol–water partition coefficient (Wildman–Crippen LogP) is 7.50. The lowest BCUT2D eigenvalue weighted by Gasteiger charge is -2.15. The molecule has 2 atom stereocenters. The van der Waals surface area contributed by atoms with Crippen LogP contribution in [0.1, 0.15) is 136 Å². The molecule has 0 aromatic rings. The third-order valence-electron chi connectivity index (χ3n) is 5.78. The number of unbranched alkanes of at least 4 members (excludes halogenated alkanes) is 15. The molecule has 0 amide bonds. The Morgan fingerprint density at radius 2 is 1.04 bits per heavy atom. The van der Waals surface area contributed by atoms with E-state index in [-0.39, 0.29) is 5.92 Å². The highest BCUT2D eigenvalue weighted by molar-refractivity contribution is 5.69. The smallest absolute Gasteiger partial charge is 0.306 e. The molecular formula is C24H48O3. The van der Waals surface area contributed by atoms with Gasteiger partial charge in [0.2, 0.25) is 0 Å². The van der Waals surface area contributed by atoms with Crippen molar-refractivity contribution in [2.24, 2.45) is 5.92 Å². The average molecular weight is 385 g/mol. The number of rotatable bonds is 21. The molecule has 0 heterocycles. The zero-order chi connectivity index (χ0) is 20.2. The third kappa shape index (κ3) is 18.6. The van der Waals surface area contributed by atoms with Gasteiger partial charge in [-0.15, -0.1) is 0 Å². The zero-order valence-corrected chi connectivity index (χ0v) is 18.4. The van der Waals surface area contributed by atoms with Crippen LogP contribution in [0.15, 0.2) is 0 Å². The average Bonchev–Trinajstić information content (AvgIpc) is 2.66. The fourth-order valence-corrected chi connectivity index (χ4v) is 3.78. The predicted molar refractivity (Wildman–Crippen MR) is 116 cm³/mol. The monoisotopic (exact) mass is 384 g/mol. The summed E-state index contributed by atoms with van der Waals surface area (Å²) in [5.74, 6) is -1.12. The maximum absolute atomic E-state index is 11.2. The SMILES string of the molecule is CCCCCCCCCCCCCCCCCCC(CC(O)CC)C(=O)O. The minimum absolute atomic E-state index is 0.369. The molecule has 0 aliphatic heterocycles. The van der Waals surface area contributed by atoms with Gasteiger partial charge >= 0.3 is 5.97 Å². The van der Waals surface area contributed by atoms with E-state index in [0.717, 1.165) is 12.8 Å². The van der Waals surface area contributed by atoms with Crippen molar-refractivity contribution in [2.75, 3.05) is 0 Å². The van der Waals surface area contributed by atoms with Crippen molar-refractivity contribution in [2.45, 2.75) is 142 Å². The molecule has 2 unspecified atom stereocenters. The Balaban J connectivity index is 3.31. The molecule has 0 fully saturated rings. The van der Waals surface area contributed by atoms with Gasteiger partial charge in [0, 0.05) is 0 Å². The Bertz CT molecular complexity index is 317. The van der Waals surface area contributed by atoms with Crippen LogP contribution in [0.5, 0.6) is 0 Å². The summed E-state index contributed by atoms with van der Waals surface area (Å²) < 4.78 is 0. The Hall–Kier alpha value is -0.570. The van der Waals surface area contributed by atoms with Crippen molar-refractivity contribution in [1.82, 2.24) is 0 Å². The molecule has 3 heteroatoms. The lowest BCUT2D eigenvalue weighted by Crippen LogP contribution is -2.20. The second kappa shape index (κ2) is 20.2. The van der Waals surface area contributed by atoms with Gasteiger partial charge in [-0.3, -0.25) is 4.79 Å². The molecule has 0 aliphatic rings. The van der Waals surface area contributed by atoms with Crippen molar-refractivity contribution < 1.29 is 15.0 Å². The van der Waals surface area contributed by atoms with Crippen LogP contribution >= 0.6 is 0 Å². The van der Waals surface area contributed by atoms with E-state index < -0.39 is 12.1 Å². The second-order valence-corrected chi connectivity index (χ2v) is 8.42. The van der Waals surface area contributed by atoms with Crippen LogP contribution in [-0.2, 0) is 4.79 Å². The minimum Gasteiger partial charge on any atom is -0.481 e. The zero-order valence-electron chi connectivity index (χ0n) is 18.4. The van der Waals surface area contributed by atoms with Crippen molar-refractivity contribution >= 4 is 5.97 Å². The van der Waals surface area contributed by atoms with Gasteiger partial charge in [-0.05, 0) is 19.3 Å². The first-order valence-corrected chi connectivity index (χ1v) is 12.0. The summed E-state index contributed by atoms with van der Waals surface area (Å²) in [6.07, 6.45) is 22.7. The van der Waals surface area contributed by atoms with Gasteiger partial charge in [0.1, 0.15) is 0 Å². The van der Waals surface area contributed by atoms with Gasteiger partial charge in [-0.25, -0.2) is 0 Å². The molecule has 0 aliphatic carbocycles. The molecule has 0 saturated carbocycles. The normalized spacial score (nSPS) is 13.6. The van der Waals surface area contributed by atoms with E-state index in [1.54, 1.807) is 0 Å². The number of hydrogen-bond donors (Lipinski definition) is 2. The van der Waals surface area contributed by atoms with Crippen molar-refractivity contribution in [3.05, 3.63) is 0 Å². The molecule has 0 saturated heterocycles. The fourth-order valence-electron chi connectivity index (χ4n) is 3.78. The number of hydrogen-bond acceptors (Lipinski definition) is 2. The second-order valence-electron chi connectivity index (χ2n) is 8.42. The van der Waals surface area contributed by atoms with Gasteiger partial charge in [-0.2, -0.15) is 0 Å². The summed E-state index contributed by atoms with van der Waals surface area (Å²) in [6.45, 7) is 4.17. The lowest BCUT2D eigenvalue weighted by atomic mass is 9.94. The molecule has 3 nitrogen and oxygen atoms in total. The number of aliphatic hydroxyl groups is 1. The van der Waals surface area contributed by atoms with E-state index in [4.69, 9.17) is 0 Å². The van der Waals surface area contributed by atoms with Crippen LogP contribution in [0.3, 0.4) is 0 Å². The van der Waals surface area contributed by atoms with Gasteiger partial charge in [-0.1, -0.05) is 117 Å². The summed E-state index contributed by atoms with van der Waals surface area (Å²) in [5.41, 5.74) is 0. The summed E-state index contributed by atoms with van der Waals surface area (Å²) in [5, 5.41) is 18.9. The van der Waals surface area contributed by atoms with E-state index in [2.05, 4.69) is 6.92 Å². The van der Waals surface area contributed by atoms with Crippen molar-refractivity contribution in [3.8, 4) is 0 Å². The van der Waals surface area contributed by atoms with E-state index in [1.807, 2.05) is 6.92 Å². The fraction of sp³-hybridized carbons (Fsp3) is 0.958. The van der Waals surface area contributed by atoms with E-state index in [1.165, 1.54) is 89.9 Å². The molecule has 0 spiro atoms. The molecule has 2 N–H and O–H groups in total. The summed E-state index contributed by atoms with van der Waals surface area (Å²) in [7, 11) is 0. The van der Waals surface area contributed by atoms with Gasteiger partial charge < -0.3 is 10.2 Å². The highest BCUT2D eigenvalue weighted by atomic mass is 16.4. The van der Waals surface area contributed by atoms with Gasteiger partial charge in [0.15, 0.2) is 0 Å². The molecule has 0 bridgehead atoms. The maximum atomic E-state index is 11.2. The lowest BCUT2D eigenvalue weighted by molar-refractivity contribution is -0.143. The third-order valence-corrected chi connectivity index (χ3v) is 5.78. The molecule has 0 aromatic carbocycles. The molecule has 0 aromatic heterocycles. The largest absolute Gasteiger partial charge is 0.481 e. The molecule has 27 heavy (non-hydrogen) atoms. The van der Waals surface area contributed by atoms with E-state index in [9.17, 15) is 15.0 Å². The topological polar surface area (TPSA) is 57.5 Å². The van der Waals surface area contributed by atoms with Gasteiger partial charge in [0.05, 0.1) is 12.0 Å². The van der Waals surface area contributed by atoms with Crippen LogP contribution < -0.4 is 0 Å². The number of carbonyl (C=O) groups is 1. The first-order chi connectivity index (χ1) is 13.1. The van der Waals surface area contributed by atoms with E-state index >= 15 is 0 Å². The number of carboxylic acid groups (broad SMARTS) is 1. The number of carboxylic acids is 1. The van der Waals surface area contributed by atoms with Crippen molar-refractivity contribution in [1.29, 1.82) is 0 Å². The highest BCUT2D eigenvalue weighted by Gasteiger charge is 2.19. The van der Waals surface area contributed by atoms with Crippen molar-refractivity contribution in [3.63, 3.8) is 0 Å². The molecule has 0 rings (SSSR count). The van der Waals surface area contributed by atoms with Crippen LogP contribution in [0, 0.1) is 5.92 Å².